The normalized spacial score (nSPS) is 12.7. The molecule has 4 rings (SSSR count). The number of nitrogens with one attached hydrogen (secondary N) is 1. The van der Waals surface area contributed by atoms with Gasteiger partial charge in [-0.15, -0.1) is 10.2 Å². The van der Waals surface area contributed by atoms with E-state index in [4.69, 9.17) is 16.0 Å². The average Bonchev–Trinajstić information content (AvgIpc) is 3.24. The van der Waals surface area contributed by atoms with Gasteiger partial charge in [0.1, 0.15) is 5.82 Å². The molecule has 0 aliphatic carbocycles. The zero-order valence-electron chi connectivity index (χ0n) is 13.7. The van der Waals surface area contributed by atoms with Crippen LogP contribution in [0.15, 0.2) is 46.0 Å². The van der Waals surface area contributed by atoms with Gasteiger partial charge in [0.15, 0.2) is 5.78 Å². The van der Waals surface area contributed by atoms with Gasteiger partial charge in [-0.05, 0) is 35.9 Å². The first kappa shape index (κ1) is 17.7. The zero-order chi connectivity index (χ0) is 19.0. The molecule has 1 aliphatic rings. The van der Waals surface area contributed by atoms with Crippen LogP contribution in [0.4, 0.5) is 10.1 Å². The van der Waals surface area contributed by atoms with Gasteiger partial charge in [0, 0.05) is 16.8 Å². The third-order valence-electron chi connectivity index (χ3n) is 3.92. The lowest BCUT2D eigenvalue weighted by Crippen LogP contribution is -2.04. The van der Waals surface area contributed by atoms with Crippen molar-refractivity contribution in [3.63, 3.8) is 0 Å². The topological polar surface area (TPSA) is 85.1 Å². The molecular weight excluding hydrogens is 393 g/mol. The number of thioether (sulfide) groups is 1. The Morgan fingerprint density at radius 3 is 2.96 bits per heavy atom. The van der Waals surface area contributed by atoms with Crippen molar-refractivity contribution in [1.82, 2.24) is 10.2 Å². The molecular formula is C18H11ClFN3O3S. The predicted octanol–water partition coefficient (Wildman–Crippen LogP) is 4.00. The summed E-state index contributed by atoms with van der Waals surface area (Å²) in [5.41, 5.74) is 2.17. The summed E-state index contributed by atoms with van der Waals surface area (Å²) in [5, 5.41) is 10.9. The summed E-state index contributed by atoms with van der Waals surface area (Å²) >= 11 is 7.22. The van der Waals surface area contributed by atoms with Gasteiger partial charge in [0.05, 0.1) is 17.2 Å². The Hall–Kier alpha value is -2.71. The molecule has 0 bridgehead atoms. The molecule has 27 heavy (non-hydrogen) atoms. The summed E-state index contributed by atoms with van der Waals surface area (Å²) in [4.78, 5) is 23.9. The largest absolute Gasteiger partial charge is 0.411 e. The molecule has 0 spiro atoms. The van der Waals surface area contributed by atoms with Gasteiger partial charge in [-0.25, -0.2) is 4.39 Å². The minimum Gasteiger partial charge on any atom is -0.411 e. The number of aromatic nitrogens is 2. The van der Waals surface area contributed by atoms with Crippen molar-refractivity contribution in [2.24, 2.45) is 0 Å². The van der Waals surface area contributed by atoms with Crippen LogP contribution in [0.2, 0.25) is 5.02 Å². The molecule has 0 unspecified atom stereocenters. The maximum absolute atomic E-state index is 13.3. The molecule has 1 aliphatic heterocycles. The SMILES string of the molecule is O=C1Cc2cc(C(=O)CSc3nnc(-c4cccc(F)c4)o3)c(Cl)cc2N1. The van der Waals surface area contributed by atoms with E-state index in [1.165, 1.54) is 12.1 Å². The molecule has 1 amide bonds. The molecule has 136 valence electrons. The fraction of sp³-hybridized carbons (Fsp3) is 0.111. The highest BCUT2D eigenvalue weighted by Gasteiger charge is 2.22. The predicted molar refractivity (Wildman–Crippen MR) is 98.5 cm³/mol. The van der Waals surface area contributed by atoms with Crippen LogP contribution in [-0.2, 0) is 11.2 Å². The summed E-state index contributed by atoms with van der Waals surface area (Å²) in [6.07, 6.45) is 0.223. The first-order valence-corrected chi connectivity index (χ1v) is 9.23. The lowest BCUT2D eigenvalue weighted by atomic mass is 10.1. The Morgan fingerprint density at radius 2 is 2.15 bits per heavy atom. The van der Waals surface area contributed by atoms with Crippen molar-refractivity contribution in [2.75, 3.05) is 11.1 Å². The Balaban J connectivity index is 1.46. The fourth-order valence-corrected chi connectivity index (χ4v) is 3.59. The lowest BCUT2D eigenvalue weighted by Gasteiger charge is -2.06. The van der Waals surface area contributed by atoms with Crippen molar-refractivity contribution in [3.8, 4) is 11.5 Å². The Bertz CT molecular complexity index is 1070. The number of benzene rings is 2. The lowest BCUT2D eigenvalue weighted by molar-refractivity contribution is -0.115. The molecule has 0 fully saturated rings. The van der Waals surface area contributed by atoms with Crippen LogP contribution in [0.5, 0.6) is 0 Å². The molecule has 2 heterocycles. The van der Waals surface area contributed by atoms with Crippen LogP contribution in [0, 0.1) is 5.82 Å². The van der Waals surface area contributed by atoms with E-state index in [1.807, 2.05) is 0 Å². The number of rotatable bonds is 5. The molecule has 0 radical (unpaired) electrons. The van der Waals surface area contributed by atoms with Crippen LogP contribution < -0.4 is 5.32 Å². The number of hydrogen-bond acceptors (Lipinski definition) is 6. The molecule has 2 aromatic carbocycles. The molecule has 0 saturated heterocycles. The number of hydrogen-bond donors (Lipinski definition) is 1. The summed E-state index contributed by atoms with van der Waals surface area (Å²) in [6.45, 7) is 0. The molecule has 3 aromatic rings. The molecule has 1 aromatic heterocycles. The van der Waals surface area contributed by atoms with Gasteiger partial charge >= 0.3 is 0 Å². The van der Waals surface area contributed by atoms with E-state index in [1.54, 1.807) is 24.3 Å². The first-order valence-electron chi connectivity index (χ1n) is 7.87. The highest BCUT2D eigenvalue weighted by atomic mass is 35.5. The van der Waals surface area contributed by atoms with Gasteiger partial charge < -0.3 is 9.73 Å². The van der Waals surface area contributed by atoms with Crippen LogP contribution in [-0.4, -0.2) is 27.6 Å². The number of Topliss-reactive ketones (excluding diaryl/α,β-unsaturated/α-hetero) is 1. The standard InChI is InChI=1S/C18H11ClFN3O3S/c19-13-7-14-10(6-16(25)21-14)5-12(13)15(24)8-27-18-23-22-17(26-18)9-2-1-3-11(20)4-9/h1-5,7H,6,8H2,(H,21,25). The third-order valence-corrected chi connectivity index (χ3v) is 5.05. The summed E-state index contributed by atoms with van der Waals surface area (Å²) in [7, 11) is 0. The summed E-state index contributed by atoms with van der Waals surface area (Å²) < 4.78 is 18.7. The monoisotopic (exact) mass is 403 g/mol. The van der Waals surface area contributed by atoms with E-state index >= 15 is 0 Å². The third kappa shape index (κ3) is 3.72. The highest BCUT2D eigenvalue weighted by Crippen LogP contribution is 2.31. The second kappa shape index (κ2) is 7.13. The van der Waals surface area contributed by atoms with E-state index in [9.17, 15) is 14.0 Å². The number of ketones is 1. The van der Waals surface area contributed by atoms with Gasteiger partial charge in [-0.2, -0.15) is 0 Å². The van der Waals surface area contributed by atoms with Gasteiger partial charge in [0.2, 0.25) is 11.8 Å². The number of anilines is 1. The quantitative estimate of drug-likeness (QED) is 0.512. The Kier molecular flexibility index (Phi) is 4.67. The van der Waals surface area contributed by atoms with Crippen molar-refractivity contribution < 1.29 is 18.4 Å². The van der Waals surface area contributed by atoms with Gasteiger partial charge in [-0.3, -0.25) is 9.59 Å². The highest BCUT2D eigenvalue weighted by molar-refractivity contribution is 7.99. The number of amides is 1. The number of nitrogens with zero attached hydrogens (tertiary/aromatic N) is 2. The minimum atomic E-state index is -0.408. The van der Waals surface area contributed by atoms with Crippen LogP contribution in [0.1, 0.15) is 15.9 Å². The second-order valence-corrected chi connectivity index (χ2v) is 7.14. The summed E-state index contributed by atoms with van der Waals surface area (Å²) in [6, 6.07) is 9.00. The number of fused-ring (bicyclic) bond motifs is 1. The van der Waals surface area contributed by atoms with Crippen molar-refractivity contribution in [1.29, 1.82) is 0 Å². The molecule has 9 heteroatoms. The van der Waals surface area contributed by atoms with Crippen molar-refractivity contribution in [2.45, 2.75) is 11.6 Å². The number of carbonyl (C=O) groups excluding carboxylic acids is 2. The van der Waals surface area contributed by atoms with Crippen LogP contribution >= 0.6 is 23.4 Å². The average molecular weight is 404 g/mol. The van der Waals surface area contributed by atoms with E-state index in [-0.39, 0.29) is 40.0 Å². The van der Waals surface area contributed by atoms with Crippen molar-refractivity contribution in [3.05, 3.63) is 58.4 Å². The fourth-order valence-electron chi connectivity index (χ4n) is 2.67. The van der Waals surface area contributed by atoms with Crippen LogP contribution in [0.3, 0.4) is 0 Å². The molecule has 0 atom stereocenters. The van der Waals surface area contributed by atoms with E-state index < -0.39 is 5.82 Å². The maximum atomic E-state index is 13.3. The number of halogens is 2. The van der Waals surface area contributed by atoms with E-state index in [2.05, 4.69) is 15.5 Å². The second-order valence-electron chi connectivity index (χ2n) is 5.81. The molecule has 0 saturated carbocycles. The molecule has 1 N–H and O–H groups in total. The zero-order valence-corrected chi connectivity index (χ0v) is 15.2. The van der Waals surface area contributed by atoms with Crippen LogP contribution in [0.25, 0.3) is 11.5 Å². The Morgan fingerprint density at radius 1 is 1.30 bits per heavy atom. The summed E-state index contributed by atoms with van der Waals surface area (Å²) in [5.74, 6) is -0.558. The van der Waals surface area contributed by atoms with E-state index in [0.717, 1.165) is 17.3 Å². The van der Waals surface area contributed by atoms with E-state index in [0.29, 0.717) is 16.8 Å². The molecule has 6 nitrogen and oxygen atoms in total. The smallest absolute Gasteiger partial charge is 0.277 e. The first-order chi connectivity index (χ1) is 13.0. The Labute approximate surface area is 162 Å². The minimum absolute atomic E-state index is 0.0324. The van der Waals surface area contributed by atoms with Gasteiger partial charge in [0.25, 0.3) is 5.22 Å². The number of carbonyl (C=O) groups is 2. The maximum Gasteiger partial charge on any atom is 0.277 e. The van der Waals surface area contributed by atoms with Gasteiger partial charge in [-0.1, -0.05) is 29.4 Å². The van der Waals surface area contributed by atoms with Crippen molar-refractivity contribution >= 4 is 40.7 Å².